The molecule has 21 heavy (non-hydrogen) atoms. The molecule has 0 amide bonds. The topological polar surface area (TPSA) is 42.4 Å². The number of halogens is 3. The highest BCUT2D eigenvalue weighted by Gasteiger charge is 2.44. The molecule has 1 aromatic rings. The van der Waals surface area contributed by atoms with Crippen molar-refractivity contribution in [2.75, 3.05) is 24.6 Å². The summed E-state index contributed by atoms with van der Waals surface area (Å²) >= 11 is 0. The maximum atomic E-state index is 13.0. The van der Waals surface area contributed by atoms with Crippen molar-refractivity contribution >= 4 is 11.8 Å². The van der Waals surface area contributed by atoms with E-state index in [1.54, 1.807) is 13.8 Å². The molecule has 0 bridgehead atoms. The summed E-state index contributed by atoms with van der Waals surface area (Å²) in [6.45, 7) is 4.18. The van der Waals surface area contributed by atoms with Crippen molar-refractivity contribution in [1.82, 2.24) is 4.98 Å². The van der Waals surface area contributed by atoms with Crippen LogP contribution in [0.5, 0.6) is 0 Å². The van der Waals surface area contributed by atoms with Crippen molar-refractivity contribution in [3.8, 4) is 0 Å². The highest BCUT2D eigenvalue weighted by molar-refractivity contribution is 5.78. The number of ether oxygens (including phenoxy) is 1. The first-order valence-electron chi connectivity index (χ1n) is 6.72. The van der Waals surface area contributed by atoms with Gasteiger partial charge in [-0.15, -0.1) is 0 Å². The molecular weight excluding hydrogens is 285 g/mol. The Morgan fingerprint density at radius 1 is 1.52 bits per heavy atom. The van der Waals surface area contributed by atoms with Crippen molar-refractivity contribution in [1.29, 1.82) is 0 Å². The van der Waals surface area contributed by atoms with E-state index in [0.717, 1.165) is 6.07 Å². The van der Waals surface area contributed by atoms with Gasteiger partial charge in [0.15, 0.2) is 0 Å². The number of alkyl halides is 3. The molecule has 4 nitrogen and oxygen atoms in total. The van der Waals surface area contributed by atoms with Crippen LogP contribution >= 0.6 is 0 Å². The van der Waals surface area contributed by atoms with E-state index in [0.29, 0.717) is 13.0 Å². The third-order valence-corrected chi connectivity index (χ3v) is 3.63. The Hall–Kier alpha value is -1.79. The van der Waals surface area contributed by atoms with E-state index in [-0.39, 0.29) is 24.9 Å². The van der Waals surface area contributed by atoms with Gasteiger partial charge in [0.2, 0.25) is 0 Å². The molecule has 0 spiro atoms. The fraction of sp³-hybridized carbons (Fsp3) is 0.571. The molecule has 1 unspecified atom stereocenters. The average Bonchev–Trinajstić information content (AvgIpc) is 2.82. The summed E-state index contributed by atoms with van der Waals surface area (Å²) in [5.74, 6) is -0.505. The van der Waals surface area contributed by atoms with Crippen LogP contribution in [0.2, 0.25) is 0 Å². The standard InChI is InChI=1S/C14H17F3N2O2/c1-3-21-12(20)13(2)6-8-19(9-13)11-10(14(15,16)17)5-4-7-18-11/h4-5,7H,3,6,8-9H2,1-2H3. The second-order valence-electron chi connectivity index (χ2n) is 5.33. The third-order valence-electron chi connectivity index (χ3n) is 3.63. The zero-order valence-corrected chi connectivity index (χ0v) is 11.9. The quantitative estimate of drug-likeness (QED) is 0.805. The van der Waals surface area contributed by atoms with Gasteiger partial charge in [-0.3, -0.25) is 4.79 Å². The maximum absolute atomic E-state index is 13.0. The molecule has 0 radical (unpaired) electrons. The molecule has 0 aromatic carbocycles. The zero-order valence-electron chi connectivity index (χ0n) is 11.9. The van der Waals surface area contributed by atoms with E-state index >= 15 is 0 Å². The first kappa shape index (κ1) is 15.6. The van der Waals surface area contributed by atoms with Gasteiger partial charge in [0.1, 0.15) is 5.82 Å². The van der Waals surface area contributed by atoms with Crippen LogP contribution in [0, 0.1) is 5.41 Å². The monoisotopic (exact) mass is 302 g/mol. The summed E-state index contributed by atoms with van der Waals surface area (Å²) in [7, 11) is 0. The zero-order chi connectivity index (χ0) is 15.7. The van der Waals surface area contributed by atoms with Gasteiger partial charge >= 0.3 is 12.1 Å². The number of carbonyl (C=O) groups excluding carboxylic acids is 1. The predicted octanol–water partition coefficient (Wildman–Crippen LogP) is 2.88. The molecule has 1 aliphatic heterocycles. The number of esters is 1. The molecular formula is C14H17F3N2O2. The highest BCUT2D eigenvalue weighted by atomic mass is 19.4. The van der Waals surface area contributed by atoms with Crippen LogP contribution in [0.1, 0.15) is 25.8 Å². The maximum Gasteiger partial charge on any atom is 0.419 e. The van der Waals surface area contributed by atoms with Crippen molar-refractivity contribution in [2.24, 2.45) is 5.41 Å². The van der Waals surface area contributed by atoms with Crippen LogP contribution in [-0.2, 0) is 15.7 Å². The lowest BCUT2D eigenvalue weighted by atomic mass is 9.90. The van der Waals surface area contributed by atoms with Gasteiger partial charge in [-0.05, 0) is 32.4 Å². The van der Waals surface area contributed by atoms with Crippen LogP contribution in [0.4, 0.5) is 19.0 Å². The van der Waals surface area contributed by atoms with E-state index < -0.39 is 17.2 Å². The molecule has 1 aromatic heterocycles. The molecule has 2 heterocycles. The lowest BCUT2D eigenvalue weighted by Crippen LogP contribution is -2.34. The number of hydrogen-bond donors (Lipinski definition) is 0. The minimum atomic E-state index is -4.47. The van der Waals surface area contributed by atoms with Crippen LogP contribution in [-0.4, -0.2) is 30.6 Å². The van der Waals surface area contributed by atoms with E-state index in [1.807, 2.05) is 0 Å². The first-order chi connectivity index (χ1) is 9.78. The Labute approximate surface area is 120 Å². The molecule has 116 valence electrons. The van der Waals surface area contributed by atoms with Crippen molar-refractivity contribution in [3.63, 3.8) is 0 Å². The fourth-order valence-electron chi connectivity index (χ4n) is 2.48. The number of nitrogens with zero attached hydrogens (tertiary/aromatic N) is 2. The van der Waals surface area contributed by atoms with Gasteiger partial charge in [-0.2, -0.15) is 13.2 Å². The molecule has 0 saturated carbocycles. The number of anilines is 1. The van der Waals surface area contributed by atoms with Crippen LogP contribution in [0.15, 0.2) is 18.3 Å². The van der Waals surface area contributed by atoms with E-state index in [1.165, 1.54) is 17.2 Å². The van der Waals surface area contributed by atoms with Gasteiger partial charge in [-0.1, -0.05) is 0 Å². The summed E-state index contributed by atoms with van der Waals surface area (Å²) < 4.78 is 44.0. The normalized spacial score (nSPS) is 22.4. The Morgan fingerprint density at radius 3 is 2.86 bits per heavy atom. The molecule has 1 atom stereocenters. The Bertz CT molecular complexity index is 533. The van der Waals surface area contributed by atoms with Crippen molar-refractivity contribution in [3.05, 3.63) is 23.9 Å². The van der Waals surface area contributed by atoms with Crippen molar-refractivity contribution in [2.45, 2.75) is 26.4 Å². The molecule has 0 aliphatic carbocycles. The lowest BCUT2D eigenvalue weighted by Gasteiger charge is -2.24. The van der Waals surface area contributed by atoms with Gasteiger partial charge in [-0.25, -0.2) is 4.98 Å². The van der Waals surface area contributed by atoms with E-state index in [4.69, 9.17) is 4.74 Å². The predicted molar refractivity (Wildman–Crippen MR) is 70.8 cm³/mol. The summed E-state index contributed by atoms with van der Waals surface area (Å²) in [5.41, 5.74) is -1.57. The second-order valence-corrected chi connectivity index (χ2v) is 5.33. The largest absolute Gasteiger partial charge is 0.466 e. The molecule has 1 aliphatic rings. The molecule has 1 saturated heterocycles. The number of aromatic nitrogens is 1. The lowest BCUT2D eigenvalue weighted by molar-refractivity contribution is -0.153. The third kappa shape index (κ3) is 3.11. The van der Waals surface area contributed by atoms with Crippen LogP contribution < -0.4 is 4.90 Å². The van der Waals surface area contributed by atoms with Gasteiger partial charge in [0.05, 0.1) is 17.6 Å². The Morgan fingerprint density at radius 2 is 2.24 bits per heavy atom. The molecule has 0 N–H and O–H groups in total. The van der Waals surface area contributed by atoms with Crippen LogP contribution in [0.25, 0.3) is 0 Å². The molecule has 1 fully saturated rings. The average molecular weight is 302 g/mol. The number of hydrogen-bond acceptors (Lipinski definition) is 4. The summed E-state index contributed by atoms with van der Waals surface area (Å²) in [6, 6.07) is 2.26. The van der Waals surface area contributed by atoms with Crippen LogP contribution in [0.3, 0.4) is 0 Å². The number of rotatable bonds is 3. The highest BCUT2D eigenvalue weighted by Crippen LogP contribution is 2.39. The van der Waals surface area contributed by atoms with E-state index in [2.05, 4.69) is 4.98 Å². The Kier molecular flexibility index (Phi) is 4.11. The fourth-order valence-corrected chi connectivity index (χ4v) is 2.48. The summed E-state index contributed by atoms with van der Waals surface area (Å²) in [4.78, 5) is 17.3. The minimum absolute atomic E-state index is 0.127. The smallest absolute Gasteiger partial charge is 0.419 e. The first-order valence-corrected chi connectivity index (χ1v) is 6.72. The van der Waals surface area contributed by atoms with Gasteiger partial charge in [0, 0.05) is 19.3 Å². The second kappa shape index (κ2) is 5.54. The van der Waals surface area contributed by atoms with Gasteiger partial charge in [0.25, 0.3) is 0 Å². The van der Waals surface area contributed by atoms with Crippen molar-refractivity contribution < 1.29 is 22.7 Å². The SMILES string of the molecule is CCOC(=O)C1(C)CCN(c2ncccc2C(F)(F)F)C1. The number of carbonyl (C=O) groups is 1. The molecule has 7 heteroatoms. The number of pyridine rings is 1. The summed E-state index contributed by atoms with van der Waals surface area (Å²) in [5, 5.41) is 0. The van der Waals surface area contributed by atoms with Gasteiger partial charge < -0.3 is 9.64 Å². The Balaban J connectivity index is 2.25. The molecule has 2 rings (SSSR count). The minimum Gasteiger partial charge on any atom is -0.466 e. The van der Waals surface area contributed by atoms with E-state index in [9.17, 15) is 18.0 Å². The summed E-state index contributed by atoms with van der Waals surface area (Å²) in [6.07, 6.45) is -2.70.